The Hall–Kier alpha value is -2.11. The van der Waals surface area contributed by atoms with Gasteiger partial charge in [0.2, 0.25) is 5.91 Å². The highest BCUT2D eigenvalue weighted by Gasteiger charge is 2.41. The number of hydrogen-bond donors (Lipinski definition) is 2. The molecule has 0 aliphatic carbocycles. The van der Waals surface area contributed by atoms with E-state index in [2.05, 4.69) is 15.6 Å². The second-order valence-electron chi connectivity index (χ2n) is 4.95. The number of nitrogens with zero attached hydrogens (tertiary/aromatic N) is 2. The van der Waals surface area contributed by atoms with Crippen molar-refractivity contribution in [1.82, 2.24) is 15.2 Å². The van der Waals surface area contributed by atoms with Crippen molar-refractivity contribution in [2.45, 2.75) is 19.4 Å². The van der Waals surface area contributed by atoms with Crippen LogP contribution in [-0.2, 0) is 4.79 Å². The topological polar surface area (TPSA) is 74.3 Å². The van der Waals surface area contributed by atoms with Crippen molar-refractivity contribution in [1.29, 1.82) is 0 Å². The maximum atomic E-state index is 12.5. The molecule has 1 aliphatic heterocycles. The highest BCUT2D eigenvalue weighted by Crippen LogP contribution is 2.20. The van der Waals surface area contributed by atoms with Crippen molar-refractivity contribution in [2.75, 3.05) is 25.5 Å². The molecule has 0 spiro atoms. The van der Waals surface area contributed by atoms with E-state index < -0.39 is 5.54 Å². The molecule has 6 nitrogen and oxygen atoms in total. The van der Waals surface area contributed by atoms with Crippen LogP contribution in [0.4, 0.5) is 5.69 Å². The summed E-state index contributed by atoms with van der Waals surface area (Å²) >= 11 is 0. The van der Waals surface area contributed by atoms with E-state index in [4.69, 9.17) is 0 Å². The van der Waals surface area contributed by atoms with Crippen LogP contribution in [0.5, 0.6) is 0 Å². The number of carbonyl (C=O) groups is 2. The second-order valence-corrected chi connectivity index (χ2v) is 4.95. The van der Waals surface area contributed by atoms with Crippen LogP contribution in [0.2, 0.25) is 0 Å². The van der Waals surface area contributed by atoms with Gasteiger partial charge in [-0.05, 0) is 26.0 Å². The van der Waals surface area contributed by atoms with Gasteiger partial charge in [-0.3, -0.25) is 14.6 Å². The first kappa shape index (κ1) is 13.3. The summed E-state index contributed by atoms with van der Waals surface area (Å²) in [7, 11) is 1.78. The van der Waals surface area contributed by atoms with Gasteiger partial charge in [0.1, 0.15) is 11.2 Å². The van der Waals surface area contributed by atoms with Crippen LogP contribution in [0, 0.1) is 0 Å². The van der Waals surface area contributed by atoms with E-state index in [-0.39, 0.29) is 11.8 Å². The Labute approximate surface area is 112 Å². The predicted molar refractivity (Wildman–Crippen MR) is 71.9 cm³/mol. The normalized spacial score (nSPS) is 17.8. The monoisotopic (exact) mass is 262 g/mol. The van der Waals surface area contributed by atoms with Crippen LogP contribution in [-0.4, -0.2) is 47.4 Å². The van der Waals surface area contributed by atoms with Gasteiger partial charge >= 0.3 is 0 Å². The summed E-state index contributed by atoms with van der Waals surface area (Å²) in [5.41, 5.74) is 0.305. The van der Waals surface area contributed by atoms with E-state index in [0.717, 1.165) is 5.69 Å². The highest BCUT2D eigenvalue weighted by atomic mass is 16.2. The molecule has 1 aromatic rings. The van der Waals surface area contributed by atoms with E-state index in [0.29, 0.717) is 18.8 Å². The van der Waals surface area contributed by atoms with Crippen LogP contribution in [0.25, 0.3) is 0 Å². The average molecular weight is 262 g/mol. The van der Waals surface area contributed by atoms with Crippen molar-refractivity contribution < 1.29 is 9.59 Å². The smallest absolute Gasteiger partial charge is 0.273 e. The van der Waals surface area contributed by atoms with Gasteiger partial charge in [0.25, 0.3) is 5.91 Å². The number of amides is 2. The van der Waals surface area contributed by atoms with Crippen molar-refractivity contribution in [3.63, 3.8) is 0 Å². The molecular formula is C13H18N4O2. The number of piperazine rings is 1. The number of pyridine rings is 1. The molecule has 0 radical (unpaired) electrons. The van der Waals surface area contributed by atoms with E-state index >= 15 is 0 Å². The number of carbonyl (C=O) groups excluding carboxylic acids is 2. The summed E-state index contributed by atoms with van der Waals surface area (Å²) in [5.74, 6) is -0.367. The fourth-order valence-electron chi connectivity index (χ4n) is 2.10. The molecule has 102 valence electrons. The summed E-state index contributed by atoms with van der Waals surface area (Å²) in [5, 5.41) is 5.73. The first-order valence-electron chi connectivity index (χ1n) is 6.21. The molecule has 1 aliphatic rings. The highest BCUT2D eigenvalue weighted by molar-refractivity contribution is 5.98. The molecule has 0 saturated carbocycles. The Kier molecular flexibility index (Phi) is 3.42. The van der Waals surface area contributed by atoms with Gasteiger partial charge in [-0.1, -0.05) is 0 Å². The Morgan fingerprint density at radius 1 is 1.53 bits per heavy atom. The fraction of sp³-hybridized carbons (Fsp3) is 0.462. The molecule has 2 rings (SSSR count). The summed E-state index contributed by atoms with van der Waals surface area (Å²) in [6, 6.07) is 3.47. The molecule has 1 aromatic heterocycles. The van der Waals surface area contributed by atoms with E-state index in [1.165, 1.54) is 0 Å². The predicted octanol–water partition coefficient (Wildman–Crippen LogP) is 0.474. The molecule has 19 heavy (non-hydrogen) atoms. The summed E-state index contributed by atoms with van der Waals surface area (Å²) in [6.45, 7) is 4.44. The van der Waals surface area contributed by atoms with Crippen LogP contribution in [0.15, 0.2) is 18.3 Å². The quantitative estimate of drug-likeness (QED) is 0.812. The molecule has 2 N–H and O–H groups in total. The molecule has 0 unspecified atom stereocenters. The number of nitrogens with one attached hydrogen (secondary N) is 2. The Morgan fingerprint density at radius 3 is 2.95 bits per heavy atom. The van der Waals surface area contributed by atoms with Crippen molar-refractivity contribution >= 4 is 17.5 Å². The minimum atomic E-state index is -0.855. The van der Waals surface area contributed by atoms with Crippen LogP contribution >= 0.6 is 0 Å². The average Bonchev–Trinajstić information content (AvgIpc) is 2.41. The molecule has 0 aromatic carbocycles. The minimum absolute atomic E-state index is 0.142. The summed E-state index contributed by atoms with van der Waals surface area (Å²) in [6.07, 6.45) is 1.58. The maximum absolute atomic E-state index is 12.5. The van der Waals surface area contributed by atoms with Gasteiger partial charge in [-0.15, -0.1) is 0 Å². The first-order valence-corrected chi connectivity index (χ1v) is 6.21. The third kappa shape index (κ3) is 2.38. The standard InChI is InChI=1S/C13H18N4O2/c1-13(2)12(19)16-6-7-17(13)11(18)10-8-9(14-3)4-5-15-10/h4-5,8H,6-7H2,1-3H3,(H,14,15)(H,16,19). The third-order valence-electron chi connectivity index (χ3n) is 3.36. The van der Waals surface area contributed by atoms with Gasteiger partial charge in [-0.2, -0.15) is 0 Å². The summed E-state index contributed by atoms with van der Waals surface area (Å²) in [4.78, 5) is 30.0. The Balaban J connectivity index is 2.30. The van der Waals surface area contributed by atoms with Crippen LogP contribution in [0.3, 0.4) is 0 Å². The Morgan fingerprint density at radius 2 is 2.26 bits per heavy atom. The molecular weight excluding hydrogens is 244 g/mol. The lowest BCUT2D eigenvalue weighted by atomic mass is 9.98. The molecule has 6 heteroatoms. The number of aromatic nitrogens is 1. The largest absolute Gasteiger partial charge is 0.388 e. The lowest BCUT2D eigenvalue weighted by Crippen LogP contribution is -2.63. The zero-order valence-electron chi connectivity index (χ0n) is 11.4. The molecule has 2 amide bonds. The molecule has 1 saturated heterocycles. The number of anilines is 1. The first-order chi connectivity index (χ1) is 8.96. The van der Waals surface area contributed by atoms with Crippen LogP contribution in [0.1, 0.15) is 24.3 Å². The zero-order chi connectivity index (χ0) is 14.0. The van der Waals surface area contributed by atoms with Crippen molar-refractivity contribution in [3.8, 4) is 0 Å². The van der Waals surface area contributed by atoms with Crippen molar-refractivity contribution in [3.05, 3.63) is 24.0 Å². The summed E-state index contributed by atoms with van der Waals surface area (Å²) < 4.78 is 0. The molecule has 1 fully saturated rings. The van der Waals surface area contributed by atoms with Gasteiger partial charge in [-0.25, -0.2) is 0 Å². The zero-order valence-corrected chi connectivity index (χ0v) is 11.4. The van der Waals surface area contributed by atoms with E-state index in [1.807, 2.05) is 0 Å². The lowest BCUT2D eigenvalue weighted by Gasteiger charge is -2.40. The van der Waals surface area contributed by atoms with Crippen LogP contribution < -0.4 is 10.6 Å². The van der Waals surface area contributed by atoms with Crippen molar-refractivity contribution in [2.24, 2.45) is 0 Å². The molecule has 0 bridgehead atoms. The lowest BCUT2D eigenvalue weighted by molar-refractivity contribution is -0.133. The van der Waals surface area contributed by atoms with E-state index in [1.54, 1.807) is 44.1 Å². The van der Waals surface area contributed by atoms with Gasteiger partial charge in [0.05, 0.1) is 0 Å². The third-order valence-corrected chi connectivity index (χ3v) is 3.36. The minimum Gasteiger partial charge on any atom is -0.388 e. The number of rotatable bonds is 2. The molecule has 2 heterocycles. The maximum Gasteiger partial charge on any atom is 0.273 e. The molecule has 0 atom stereocenters. The Bertz CT molecular complexity index is 513. The van der Waals surface area contributed by atoms with Gasteiger partial charge in [0, 0.05) is 32.0 Å². The van der Waals surface area contributed by atoms with Gasteiger partial charge in [0.15, 0.2) is 0 Å². The fourth-order valence-corrected chi connectivity index (χ4v) is 2.10. The number of hydrogen-bond acceptors (Lipinski definition) is 4. The second kappa shape index (κ2) is 4.87. The van der Waals surface area contributed by atoms with Gasteiger partial charge < -0.3 is 15.5 Å². The SMILES string of the molecule is CNc1ccnc(C(=O)N2CCNC(=O)C2(C)C)c1. The van der Waals surface area contributed by atoms with E-state index in [9.17, 15) is 9.59 Å².